The van der Waals surface area contributed by atoms with Crippen molar-refractivity contribution in [1.29, 1.82) is 0 Å². The van der Waals surface area contributed by atoms with Crippen molar-refractivity contribution in [3.8, 4) is 51.2 Å². The molecule has 0 bridgehead atoms. The van der Waals surface area contributed by atoms with E-state index in [-0.39, 0.29) is 0 Å². The number of hydrogen-bond acceptors (Lipinski definition) is 3. The van der Waals surface area contributed by atoms with Crippen molar-refractivity contribution >= 4 is 87.2 Å². The molecule has 0 fully saturated rings. The summed E-state index contributed by atoms with van der Waals surface area (Å²) in [6.45, 7) is 0. The Kier molecular flexibility index (Phi) is 8.23. The smallest absolute Gasteiger partial charge is 0.238 e. The Balaban J connectivity index is 1.01. The molecule has 5 heterocycles. The van der Waals surface area contributed by atoms with Crippen LogP contribution in [0.25, 0.3) is 138 Å². The van der Waals surface area contributed by atoms with Gasteiger partial charge in [-0.15, -0.1) is 0 Å². The molecule has 7 nitrogen and oxygen atoms in total. The Morgan fingerprint density at radius 1 is 0.300 bits per heavy atom. The Labute approximate surface area is 400 Å². The molecule has 0 saturated heterocycles. The van der Waals surface area contributed by atoms with Crippen molar-refractivity contribution in [2.24, 2.45) is 0 Å². The lowest BCUT2D eigenvalue weighted by Gasteiger charge is -2.13. The van der Waals surface area contributed by atoms with Crippen LogP contribution in [-0.2, 0) is 0 Å². The molecule has 7 heteroatoms. The fraction of sp³-hybridized carbons (Fsp3) is 0. The third-order valence-corrected chi connectivity index (χ3v) is 14.2. The van der Waals surface area contributed by atoms with E-state index in [0.29, 0.717) is 17.6 Å². The van der Waals surface area contributed by atoms with Crippen LogP contribution in [0.1, 0.15) is 0 Å². The fourth-order valence-corrected chi connectivity index (χ4v) is 11.1. The molecule has 0 radical (unpaired) electrons. The first kappa shape index (κ1) is 38.5. The number of fused-ring (bicyclic) bond motifs is 14. The summed E-state index contributed by atoms with van der Waals surface area (Å²) in [6, 6.07) is 82.1. The second-order valence-electron chi connectivity index (χ2n) is 18.1. The molecule has 0 amide bonds. The number of H-pyrrole nitrogens is 1. The largest absolute Gasteiger partial charge is 0.354 e. The van der Waals surface area contributed by atoms with E-state index in [9.17, 15) is 0 Å². The van der Waals surface area contributed by atoms with E-state index in [2.05, 4.69) is 213 Å². The molecule has 10 aromatic carbocycles. The summed E-state index contributed by atoms with van der Waals surface area (Å²) < 4.78 is 7.08. The van der Waals surface area contributed by atoms with Crippen LogP contribution in [0, 0.1) is 0 Å². The minimum Gasteiger partial charge on any atom is -0.354 e. The topological polar surface area (TPSA) is 69.2 Å². The van der Waals surface area contributed by atoms with Crippen molar-refractivity contribution in [3.63, 3.8) is 0 Å². The van der Waals surface area contributed by atoms with Crippen LogP contribution in [0.15, 0.2) is 231 Å². The van der Waals surface area contributed by atoms with E-state index in [1.54, 1.807) is 0 Å². The molecular weight excluding hydrogens is 855 g/mol. The highest BCUT2D eigenvalue weighted by molar-refractivity contribution is 6.26. The number of nitrogens with one attached hydrogen (secondary N) is 1. The van der Waals surface area contributed by atoms with Gasteiger partial charge in [0.2, 0.25) is 5.95 Å². The molecule has 0 aliphatic carbocycles. The molecule has 0 unspecified atom stereocenters. The fourth-order valence-electron chi connectivity index (χ4n) is 11.1. The predicted molar refractivity (Wildman–Crippen MR) is 289 cm³/mol. The number of hydrogen-bond donors (Lipinski definition) is 1. The van der Waals surface area contributed by atoms with E-state index >= 15 is 0 Å². The van der Waals surface area contributed by atoms with Crippen LogP contribution < -0.4 is 0 Å². The van der Waals surface area contributed by atoms with Crippen molar-refractivity contribution in [2.75, 3.05) is 0 Å². The van der Waals surface area contributed by atoms with Gasteiger partial charge in [0.25, 0.3) is 0 Å². The van der Waals surface area contributed by atoms with Crippen LogP contribution in [-0.4, -0.2) is 33.6 Å². The molecule has 0 aliphatic heterocycles. The SMILES string of the molecule is c1ccc(-c2nc(-c3ccccc3)nc(-n3c4ccccc4c4ccc5c6cc(-c7ccc8c(c7)c7c9[nH]c%10ccccc%10c9ccc7n8-c7ccccc7)ccc6n(-c6ccccc6)c5c43)n2)cc1. The summed E-state index contributed by atoms with van der Waals surface area (Å²) in [7, 11) is 0. The van der Waals surface area contributed by atoms with Crippen LogP contribution in [0.4, 0.5) is 0 Å². The molecule has 0 spiro atoms. The number of benzene rings is 10. The molecule has 326 valence electrons. The lowest BCUT2D eigenvalue weighted by Crippen LogP contribution is -2.07. The minimum absolute atomic E-state index is 0.559. The van der Waals surface area contributed by atoms with Gasteiger partial charge in [0.1, 0.15) is 0 Å². The maximum Gasteiger partial charge on any atom is 0.238 e. The number of aromatic nitrogens is 7. The summed E-state index contributed by atoms with van der Waals surface area (Å²) in [5.41, 5.74) is 15.2. The highest BCUT2D eigenvalue weighted by atomic mass is 15.2. The molecular formula is C63H39N7. The summed E-state index contributed by atoms with van der Waals surface area (Å²) in [4.78, 5) is 19.5. The second-order valence-corrected chi connectivity index (χ2v) is 18.1. The van der Waals surface area contributed by atoms with Gasteiger partial charge in [-0.05, 0) is 77.9 Å². The quantitative estimate of drug-likeness (QED) is 0.181. The van der Waals surface area contributed by atoms with Crippen LogP contribution in [0.2, 0.25) is 0 Å². The maximum atomic E-state index is 5.31. The maximum absolute atomic E-state index is 5.31. The van der Waals surface area contributed by atoms with Crippen LogP contribution in [0.3, 0.4) is 0 Å². The number of nitrogens with zero attached hydrogens (tertiary/aromatic N) is 6. The average Bonchev–Trinajstić information content (AvgIpc) is 4.18. The predicted octanol–water partition coefficient (Wildman–Crippen LogP) is 15.8. The van der Waals surface area contributed by atoms with Crippen LogP contribution in [0.5, 0.6) is 0 Å². The first-order chi connectivity index (χ1) is 34.7. The molecule has 1 N–H and O–H groups in total. The van der Waals surface area contributed by atoms with Gasteiger partial charge in [-0.25, -0.2) is 4.98 Å². The molecule has 15 rings (SSSR count). The first-order valence-electron chi connectivity index (χ1n) is 23.7. The third-order valence-electron chi connectivity index (χ3n) is 14.2. The van der Waals surface area contributed by atoms with E-state index in [4.69, 9.17) is 15.0 Å². The molecule has 0 saturated carbocycles. The second kappa shape index (κ2) is 15.0. The zero-order chi connectivity index (χ0) is 45.9. The zero-order valence-electron chi connectivity index (χ0n) is 37.6. The highest BCUT2D eigenvalue weighted by Gasteiger charge is 2.25. The average molecular weight is 894 g/mol. The van der Waals surface area contributed by atoms with Gasteiger partial charge in [0.05, 0.1) is 38.6 Å². The number of aromatic amines is 1. The van der Waals surface area contributed by atoms with E-state index < -0.39 is 0 Å². The van der Waals surface area contributed by atoms with Crippen molar-refractivity contribution in [2.45, 2.75) is 0 Å². The Morgan fingerprint density at radius 3 is 1.46 bits per heavy atom. The van der Waals surface area contributed by atoms with Crippen molar-refractivity contribution in [3.05, 3.63) is 231 Å². The monoisotopic (exact) mass is 893 g/mol. The zero-order valence-corrected chi connectivity index (χ0v) is 37.6. The first-order valence-corrected chi connectivity index (χ1v) is 23.7. The number of rotatable bonds is 6. The third kappa shape index (κ3) is 5.66. The van der Waals surface area contributed by atoms with Gasteiger partial charge in [-0.3, -0.25) is 4.57 Å². The standard InChI is InChI=1S/C63H39N7/c1-5-17-39(18-6-1)61-65-62(40-19-7-2-8-20-40)67-63(66-61)70-53-28-16-14-26-46(53)48-31-32-49-50-37-41(29-34-54(50)69(59(49)60(48)70)44-23-11-4-12-24-44)42-30-35-55-51(38-42)57-56(68(55)43-21-9-3-10-22-43)36-33-47-45-25-13-15-27-52(45)64-58(47)57/h1-38,64H. The van der Waals surface area contributed by atoms with Gasteiger partial charge < -0.3 is 14.1 Å². The normalized spacial score (nSPS) is 12.0. The van der Waals surface area contributed by atoms with Gasteiger partial charge >= 0.3 is 0 Å². The molecule has 0 atom stereocenters. The van der Waals surface area contributed by atoms with Gasteiger partial charge in [-0.2, -0.15) is 9.97 Å². The van der Waals surface area contributed by atoms with E-state index in [1.807, 2.05) is 36.4 Å². The molecule has 70 heavy (non-hydrogen) atoms. The summed E-state index contributed by atoms with van der Waals surface area (Å²) in [5.74, 6) is 1.79. The van der Waals surface area contributed by atoms with Crippen molar-refractivity contribution in [1.82, 2.24) is 33.6 Å². The Hall–Kier alpha value is -9.59. The Bertz CT molecular complexity index is 4510. The lowest BCUT2D eigenvalue weighted by molar-refractivity contribution is 0.953. The summed E-state index contributed by atoms with van der Waals surface area (Å²) >= 11 is 0. The van der Waals surface area contributed by atoms with E-state index in [1.165, 1.54) is 27.1 Å². The molecule has 0 aliphatic rings. The van der Waals surface area contributed by atoms with Gasteiger partial charge in [-0.1, -0.05) is 164 Å². The van der Waals surface area contributed by atoms with Crippen LogP contribution >= 0.6 is 0 Å². The Morgan fingerprint density at radius 2 is 0.786 bits per heavy atom. The molecule has 5 aromatic heterocycles. The van der Waals surface area contributed by atoms with E-state index in [0.717, 1.165) is 93.8 Å². The molecule has 15 aromatic rings. The summed E-state index contributed by atoms with van der Waals surface area (Å²) in [6.07, 6.45) is 0. The van der Waals surface area contributed by atoms with Crippen molar-refractivity contribution < 1.29 is 0 Å². The highest BCUT2D eigenvalue weighted by Crippen LogP contribution is 2.44. The lowest BCUT2D eigenvalue weighted by atomic mass is 9.99. The minimum atomic E-state index is 0.559. The van der Waals surface area contributed by atoms with Gasteiger partial charge in [0, 0.05) is 71.1 Å². The summed E-state index contributed by atoms with van der Waals surface area (Å²) in [5, 5.41) is 9.42. The van der Waals surface area contributed by atoms with Gasteiger partial charge in [0.15, 0.2) is 11.6 Å². The number of para-hydroxylation sites is 4.